The Morgan fingerprint density at radius 3 is 2.62 bits per heavy atom. The summed E-state index contributed by atoms with van der Waals surface area (Å²) in [7, 11) is -9.69. The van der Waals surface area contributed by atoms with Crippen LogP contribution < -0.4 is 0 Å². The van der Waals surface area contributed by atoms with Crippen molar-refractivity contribution in [3.8, 4) is 0 Å². The molecule has 3 heterocycles. The van der Waals surface area contributed by atoms with Gasteiger partial charge in [0.2, 0.25) is 0 Å². The quantitative estimate of drug-likeness (QED) is 0.364. The highest BCUT2D eigenvalue weighted by molar-refractivity contribution is 7.46. The van der Waals surface area contributed by atoms with Gasteiger partial charge in [-0.3, -0.25) is 13.6 Å². The molecule has 1 aliphatic heterocycles. The van der Waals surface area contributed by atoms with Crippen LogP contribution in [0.1, 0.15) is 12.6 Å². The zero-order chi connectivity index (χ0) is 19.1. The van der Waals surface area contributed by atoms with Crippen LogP contribution >= 0.6 is 27.2 Å². The molecule has 4 N–H and O–H groups in total. The summed E-state index contributed by atoms with van der Waals surface area (Å²) in [5.41, 5.74) is 0.599. The molecular weight excluding hydrogens is 418 g/mol. The fourth-order valence-corrected chi connectivity index (χ4v) is 3.61. The first-order valence-corrected chi connectivity index (χ1v) is 10.4. The molecule has 1 saturated heterocycles. The molecule has 1 fully saturated rings. The van der Waals surface area contributed by atoms with Crippen LogP contribution in [0.15, 0.2) is 12.7 Å². The molecule has 3 atom stereocenters. The normalized spacial score (nSPS) is 24.4. The van der Waals surface area contributed by atoms with Gasteiger partial charge in [0.15, 0.2) is 10.8 Å². The van der Waals surface area contributed by atoms with Crippen molar-refractivity contribution in [2.45, 2.75) is 24.9 Å². The third-order valence-electron chi connectivity index (χ3n) is 3.48. The van der Waals surface area contributed by atoms with Gasteiger partial charge in [-0.2, -0.15) is 0 Å². The molecule has 3 unspecified atom stereocenters. The van der Waals surface area contributed by atoms with E-state index in [-0.39, 0.29) is 11.6 Å². The van der Waals surface area contributed by atoms with Crippen LogP contribution in [-0.4, -0.2) is 57.9 Å². The SMILES string of the molecule is O=P(O)(O)OCC1OC(n2cnc3c(Cl)ncnc32)CC1OP(=O)(O)O. The third-order valence-corrected chi connectivity index (χ3v) is 4.79. The van der Waals surface area contributed by atoms with Gasteiger partial charge in [0.25, 0.3) is 0 Å². The van der Waals surface area contributed by atoms with Gasteiger partial charge in [-0.05, 0) is 0 Å². The standard InChI is InChI=1S/C10H13ClN4O9P2/c11-9-8-10(13-3-12-9)15(4-14-8)7-1-5(24-26(19,20)21)6(23-7)2-22-25(16,17)18/h3-7H,1-2H2,(H2,16,17,18)(H2,19,20,21). The van der Waals surface area contributed by atoms with E-state index in [2.05, 4.69) is 24.0 Å². The Morgan fingerprint density at radius 1 is 1.23 bits per heavy atom. The van der Waals surface area contributed by atoms with E-state index in [1.807, 2.05) is 0 Å². The van der Waals surface area contributed by atoms with E-state index in [1.165, 1.54) is 17.2 Å². The molecule has 2 aromatic heterocycles. The molecule has 0 spiro atoms. The van der Waals surface area contributed by atoms with E-state index in [0.717, 1.165) is 0 Å². The van der Waals surface area contributed by atoms with Gasteiger partial charge in [-0.15, -0.1) is 0 Å². The number of hydrogen-bond acceptors (Lipinski definition) is 8. The number of nitrogens with zero attached hydrogens (tertiary/aromatic N) is 4. The summed E-state index contributed by atoms with van der Waals surface area (Å²) in [4.78, 5) is 47.5. The maximum absolute atomic E-state index is 11.1. The lowest BCUT2D eigenvalue weighted by molar-refractivity contribution is -0.0417. The van der Waals surface area contributed by atoms with E-state index in [0.29, 0.717) is 11.2 Å². The number of halogens is 1. The van der Waals surface area contributed by atoms with Crippen molar-refractivity contribution in [1.82, 2.24) is 19.5 Å². The summed E-state index contributed by atoms with van der Waals surface area (Å²) >= 11 is 5.92. The highest BCUT2D eigenvalue weighted by atomic mass is 35.5. The van der Waals surface area contributed by atoms with Gasteiger partial charge in [0.05, 0.1) is 12.9 Å². The first kappa shape index (κ1) is 19.8. The van der Waals surface area contributed by atoms with Gasteiger partial charge in [-0.1, -0.05) is 11.6 Å². The summed E-state index contributed by atoms with van der Waals surface area (Å²) in [5, 5.41) is 0.108. The molecule has 2 aromatic rings. The van der Waals surface area contributed by atoms with E-state index < -0.39 is 40.7 Å². The molecule has 16 heteroatoms. The number of phosphoric acid groups is 2. The van der Waals surface area contributed by atoms with Crippen LogP contribution in [0.4, 0.5) is 0 Å². The average Bonchev–Trinajstić information content (AvgIpc) is 3.07. The van der Waals surface area contributed by atoms with Crippen molar-refractivity contribution in [3.63, 3.8) is 0 Å². The molecule has 1 aliphatic rings. The molecule has 0 bridgehead atoms. The van der Waals surface area contributed by atoms with Crippen molar-refractivity contribution in [2.24, 2.45) is 0 Å². The van der Waals surface area contributed by atoms with E-state index in [4.69, 9.17) is 35.9 Å². The van der Waals surface area contributed by atoms with Crippen LogP contribution in [0.3, 0.4) is 0 Å². The van der Waals surface area contributed by atoms with Gasteiger partial charge in [-0.25, -0.2) is 24.1 Å². The van der Waals surface area contributed by atoms with Crippen molar-refractivity contribution >= 4 is 38.4 Å². The molecule has 13 nitrogen and oxygen atoms in total. The summed E-state index contributed by atoms with van der Waals surface area (Å²) in [5.74, 6) is 0. The molecular formula is C10H13ClN4O9P2. The highest BCUT2D eigenvalue weighted by Crippen LogP contribution is 2.45. The average molecular weight is 431 g/mol. The largest absolute Gasteiger partial charge is 0.469 e. The molecule has 0 aromatic carbocycles. The van der Waals surface area contributed by atoms with Crippen molar-refractivity contribution in [1.29, 1.82) is 0 Å². The lowest BCUT2D eigenvalue weighted by Gasteiger charge is -2.19. The van der Waals surface area contributed by atoms with Gasteiger partial charge >= 0.3 is 15.6 Å². The second kappa shape index (κ2) is 7.21. The molecule has 26 heavy (non-hydrogen) atoms. The first-order chi connectivity index (χ1) is 12.0. The van der Waals surface area contributed by atoms with Crippen molar-refractivity contribution in [3.05, 3.63) is 17.8 Å². The van der Waals surface area contributed by atoms with Crippen LogP contribution in [0.25, 0.3) is 11.2 Å². The van der Waals surface area contributed by atoms with Gasteiger partial charge < -0.3 is 24.3 Å². The maximum atomic E-state index is 11.1. The summed E-state index contributed by atoms with van der Waals surface area (Å²) < 4.78 is 38.1. The molecule has 0 aliphatic carbocycles. The Morgan fingerprint density at radius 2 is 1.96 bits per heavy atom. The smallest absolute Gasteiger partial charge is 0.349 e. The number of imidazole rings is 1. The number of ether oxygens (including phenoxy) is 1. The maximum Gasteiger partial charge on any atom is 0.469 e. The zero-order valence-corrected chi connectivity index (χ0v) is 15.2. The minimum absolute atomic E-state index is 0.0621. The lowest BCUT2D eigenvalue weighted by atomic mass is 10.2. The van der Waals surface area contributed by atoms with Gasteiger partial charge in [0, 0.05) is 6.42 Å². The molecule has 144 valence electrons. The fraction of sp³-hybridized carbons (Fsp3) is 0.500. The van der Waals surface area contributed by atoms with Crippen LogP contribution in [-0.2, 0) is 22.9 Å². The Labute approximate surface area is 150 Å². The first-order valence-electron chi connectivity index (χ1n) is 6.96. The summed E-state index contributed by atoms with van der Waals surface area (Å²) in [6.45, 7) is -0.645. The van der Waals surface area contributed by atoms with E-state index in [9.17, 15) is 9.13 Å². The number of aromatic nitrogens is 4. The minimum atomic E-state index is -4.88. The monoisotopic (exact) mass is 430 g/mol. The van der Waals surface area contributed by atoms with E-state index >= 15 is 0 Å². The Hall–Kier alpha value is -0.980. The zero-order valence-electron chi connectivity index (χ0n) is 12.7. The van der Waals surface area contributed by atoms with Crippen LogP contribution in [0, 0.1) is 0 Å². The fourth-order valence-electron chi connectivity index (χ4n) is 2.51. The summed E-state index contributed by atoms with van der Waals surface area (Å²) in [6, 6.07) is 0. The number of hydrogen-bond donors (Lipinski definition) is 4. The molecule has 0 saturated carbocycles. The van der Waals surface area contributed by atoms with Gasteiger partial charge in [0.1, 0.15) is 30.3 Å². The Kier molecular flexibility index (Phi) is 5.48. The molecule has 0 amide bonds. The molecule has 0 radical (unpaired) electrons. The van der Waals surface area contributed by atoms with Crippen LogP contribution in [0.2, 0.25) is 5.15 Å². The number of rotatable bonds is 6. The number of fused-ring (bicyclic) bond motifs is 1. The highest BCUT2D eigenvalue weighted by Gasteiger charge is 2.42. The molecule has 3 rings (SSSR count). The Bertz CT molecular complexity index is 898. The number of phosphoric ester groups is 2. The predicted octanol–water partition coefficient (Wildman–Crippen LogP) is 0.354. The Balaban J connectivity index is 1.85. The third kappa shape index (κ3) is 4.65. The topological polar surface area (TPSA) is 186 Å². The predicted molar refractivity (Wildman–Crippen MR) is 83.8 cm³/mol. The van der Waals surface area contributed by atoms with E-state index in [1.54, 1.807) is 0 Å². The van der Waals surface area contributed by atoms with Crippen molar-refractivity contribution in [2.75, 3.05) is 6.61 Å². The second-order valence-electron chi connectivity index (χ2n) is 5.27. The summed E-state index contributed by atoms with van der Waals surface area (Å²) in [6.07, 6.45) is -0.704. The van der Waals surface area contributed by atoms with Crippen LogP contribution in [0.5, 0.6) is 0 Å². The lowest BCUT2D eigenvalue weighted by Crippen LogP contribution is -2.28. The second-order valence-corrected chi connectivity index (χ2v) is 8.06. The minimum Gasteiger partial charge on any atom is -0.349 e. The van der Waals surface area contributed by atoms with Crippen molar-refractivity contribution < 1.29 is 42.5 Å².